The summed E-state index contributed by atoms with van der Waals surface area (Å²) in [4.78, 5) is 52.6. The highest BCUT2D eigenvalue weighted by molar-refractivity contribution is 5.87. The maximum atomic E-state index is 11.3. The van der Waals surface area contributed by atoms with Gasteiger partial charge >= 0.3 is 29.9 Å². The number of urea groups is 1. The summed E-state index contributed by atoms with van der Waals surface area (Å²) in [5.41, 5.74) is 0.600. The van der Waals surface area contributed by atoms with Crippen LogP contribution in [0.2, 0.25) is 0 Å². The Morgan fingerprint density at radius 2 is 1.07 bits per heavy atom. The zero-order chi connectivity index (χ0) is 22.1. The van der Waals surface area contributed by atoms with Crippen LogP contribution in [0.25, 0.3) is 0 Å². The third kappa shape index (κ3) is 19.0. The number of hydrogen-bond donors (Lipinski definition) is 4. The van der Waals surface area contributed by atoms with E-state index in [1.54, 1.807) is 0 Å². The predicted octanol–water partition coefficient (Wildman–Crippen LogP) is 0.460. The van der Waals surface area contributed by atoms with Gasteiger partial charge in [-0.2, -0.15) is 0 Å². The summed E-state index contributed by atoms with van der Waals surface area (Å²) in [7, 11) is 0. The molecule has 2 amide bonds. The van der Waals surface area contributed by atoms with Gasteiger partial charge in [0.15, 0.2) is 0 Å². The van der Waals surface area contributed by atoms with Gasteiger partial charge < -0.3 is 30.3 Å². The van der Waals surface area contributed by atoms with Crippen molar-refractivity contribution in [2.24, 2.45) is 0 Å². The topological polar surface area (TPSA) is 168 Å². The molecule has 158 valence electrons. The van der Waals surface area contributed by atoms with Crippen LogP contribution in [0.3, 0.4) is 0 Å². The molecule has 0 spiro atoms. The maximum absolute atomic E-state index is 11.3. The molecule has 28 heavy (non-hydrogen) atoms. The molecular weight excluding hydrogens is 376 g/mol. The Hall–Kier alpha value is -3.37. The number of ether oxygens (including phenoxy) is 2. The summed E-state index contributed by atoms with van der Waals surface area (Å²) in [6, 6.07) is -0.442. The molecule has 0 rings (SSSR count). The minimum absolute atomic E-state index is 0.0593. The van der Waals surface area contributed by atoms with Crippen LogP contribution < -0.4 is 10.6 Å². The normalized spacial score (nSPS) is 9.07. The van der Waals surface area contributed by atoms with E-state index >= 15 is 0 Å². The zero-order valence-corrected chi connectivity index (χ0v) is 15.9. The summed E-state index contributed by atoms with van der Waals surface area (Å²) >= 11 is 0. The summed E-state index contributed by atoms with van der Waals surface area (Å²) in [6.07, 6.45) is -0.593. The van der Waals surface area contributed by atoms with Crippen molar-refractivity contribution in [1.29, 1.82) is 0 Å². The minimum Gasteiger partial charge on any atom is -0.481 e. The van der Waals surface area contributed by atoms with Gasteiger partial charge in [-0.15, -0.1) is 0 Å². The lowest BCUT2D eigenvalue weighted by atomic mass is 10.3. The summed E-state index contributed by atoms with van der Waals surface area (Å²) in [5, 5.41) is 20.7. The fraction of sp³-hybridized carbons (Fsp3) is 0.471. The summed E-state index contributed by atoms with van der Waals surface area (Å²) < 4.78 is 9.55. The molecule has 0 saturated carbocycles. The lowest BCUT2D eigenvalue weighted by Crippen LogP contribution is -2.39. The van der Waals surface area contributed by atoms with E-state index in [1.165, 1.54) is 13.8 Å². The second-order valence-electron chi connectivity index (χ2n) is 5.30. The Morgan fingerprint density at radius 1 is 0.750 bits per heavy atom. The Bertz CT molecular complexity index is 549. The monoisotopic (exact) mass is 402 g/mol. The lowest BCUT2D eigenvalue weighted by molar-refractivity contribution is -0.143. The number of nitrogens with one attached hydrogen (secondary N) is 2. The molecular formula is C17H26N2O9. The van der Waals surface area contributed by atoms with Gasteiger partial charge in [0.2, 0.25) is 0 Å². The van der Waals surface area contributed by atoms with Crippen molar-refractivity contribution in [1.82, 2.24) is 10.6 Å². The number of carboxylic acid groups (broad SMARTS) is 2. The summed E-state index contributed by atoms with van der Waals surface area (Å²) in [6.45, 7) is 10.4. The van der Waals surface area contributed by atoms with E-state index in [-0.39, 0.29) is 39.1 Å². The second-order valence-corrected chi connectivity index (χ2v) is 5.30. The van der Waals surface area contributed by atoms with Crippen LogP contribution in [0.1, 0.15) is 26.7 Å². The van der Waals surface area contributed by atoms with Crippen LogP contribution in [-0.2, 0) is 28.7 Å². The average Bonchev–Trinajstić information content (AvgIpc) is 2.60. The van der Waals surface area contributed by atoms with Crippen molar-refractivity contribution in [3.05, 3.63) is 24.3 Å². The molecule has 0 unspecified atom stereocenters. The number of carboxylic acids is 2. The maximum Gasteiger partial charge on any atom is 0.333 e. The fourth-order valence-electron chi connectivity index (χ4n) is 1.14. The Labute approximate surface area is 162 Å². The number of carbonyl (C=O) groups excluding carboxylic acids is 3. The minimum atomic E-state index is -1.08. The molecule has 0 radical (unpaired) electrons. The van der Waals surface area contributed by atoms with Crippen molar-refractivity contribution in [2.75, 3.05) is 26.3 Å². The molecule has 0 aromatic heterocycles. The first-order chi connectivity index (χ1) is 13.0. The van der Waals surface area contributed by atoms with Gasteiger partial charge in [0.1, 0.15) is 13.2 Å². The van der Waals surface area contributed by atoms with Crippen LogP contribution in [-0.4, -0.2) is 66.4 Å². The fourth-order valence-corrected chi connectivity index (χ4v) is 1.14. The van der Waals surface area contributed by atoms with Crippen LogP contribution in [0.4, 0.5) is 4.79 Å². The first-order valence-electron chi connectivity index (χ1n) is 8.07. The van der Waals surface area contributed by atoms with E-state index in [2.05, 4.69) is 23.8 Å². The van der Waals surface area contributed by atoms with E-state index in [9.17, 15) is 24.0 Å². The third-order valence-electron chi connectivity index (χ3n) is 2.49. The van der Waals surface area contributed by atoms with Crippen molar-refractivity contribution >= 4 is 29.9 Å². The second kappa shape index (κ2) is 15.9. The quantitative estimate of drug-likeness (QED) is 0.218. The molecule has 0 aliphatic carbocycles. The third-order valence-corrected chi connectivity index (χ3v) is 2.49. The number of aliphatic carboxylic acids is 2. The molecule has 0 aromatic rings. The first-order valence-corrected chi connectivity index (χ1v) is 8.07. The predicted molar refractivity (Wildman–Crippen MR) is 97.5 cm³/mol. The SMILES string of the molecule is C=C(C)C(=O)OCCNC(=O)NCCOC(=O)C(=C)C.O=C(O)CCC(=O)O. The van der Waals surface area contributed by atoms with Gasteiger partial charge in [0, 0.05) is 11.1 Å². The number of hydrogen-bond acceptors (Lipinski definition) is 7. The average molecular weight is 402 g/mol. The van der Waals surface area contributed by atoms with Crippen molar-refractivity contribution in [3.8, 4) is 0 Å². The van der Waals surface area contributed by atoms with Crippen LogP contribution in [0.15, 0.2) is 24.3 Å². The molecule has 0 heterocycles. The van der Waals surface area contributed by atoms with E-state index in [0.29, 0.717) is 11.1 Å². The molecule has 11 nitrogen and oxygen atoms in total. The molecule has 0 bridgehead atoms. The smallest absolute Gasteiger partial charge is 0.333 e. The highest BCUT2D eigenvalue weighted by Crippen LogP contribution is 1.91. The van der Waals surface area contributed by atoms with Gasteiger partial charge in [-0.1, -0.05) is 13.2 Å². The molecule has 4 N–H and O–H groups in total. The number of rotatable bonds is 11. The Kier molecular flexibility index (Phi) is 15.2. The molecule has 0 aromatic carbocycles. The van der Waals surface area contributed by atoms with Gasteiger partial charge in [-0.05, 0) is 13.8 Å². The Balaban J connectivity index is 0. The van der Waals surface area contributed by atoms with Gasteiger partial charge in [0.25, 0.3) is 0 Å². The standard InChI is InChI=1S/C13H20N2O5.C4H6O4/c1-9(2)11(16)19-7-5-14-13(18)15-6-8-20-12(17)10(3)4;5-3(6)1-2-4(7)8/h1,3,5-8H2,2,4H3,(H2,14,15,18);1-2H2,(H,5,6)(H,7,8). The van der Waals surface area contributed by atoms with Crippen LogP contribution >= 0.6 is 0 Å². The van der Waals surface area contributed by atoms with Crippen LogP contribution in [0.5, 0.6) is 0 Å². The van der Waals surface area contributed by atoms with Gasteiger partial charge in [-0.25, -0.2) is 14.4 Å². The molecule has 11 heteroatoms. The van der Waals surface area contributed by atoms with Gasteiger partial charge in [0.05, 0.1) is 25.9 Å². The molecule has 0 saturated heterocycles. The van der Waals surface area contributed by atoms with E-state index < -0.39 is 29.9 Å². The highest BCUT2D eigenvalue weighted by Gasteiger charge is 2.05. The number of carbonyl (C=O) groups is 5. The largest absolute Gasteiger partial charge is 0.481 e. The molecule has 0 aliphatic rings. The highest BCUT2D eigenvalue weighted by atomic mass is 16.5. The number of esters is 2. The van der Waals surface area contributed by atoms with E-state index in [0.717, 1.165) is 0 Å². The van der Waals surface area contributed by atoms with Crippen molar-refractivity contribution in [3.63, 3.8) is 0 Å². The number of amides is 2. The lowest BCUT2D eigenvalue weighted by Gasteiger charge is -2.08. The van der Waals surface area contributed by atoms with Crippen molar-refractivity contribution in [2.45, 2.75) is 26.7 Å². The van der Waals surface area contributed by atoms with Crippen molar-refractivity contribution < 1.29 is 43.7 Å². The first kappa shape index (κ1) is 26.9. The molecule has 0 atom stereocenters. The molecule has 0 fully saturated rings. The Morgan fingerprint density at radius 3 is 1.32 bits per heavy atom. The molecule has 0 aliphatic heterocycles. The van der Waals surface area contributed by atoms with E-state index in [4.69, 9.17) is 19.7 Å². The summed E-state index contributed by atoms with van der Waals surface area (Å²) in [5.74, 6) is -3.15. The van der Waals surface area contributed by atoms with Crippen LogP contribution in [0, 0.1) is 0 Å². The van der Waals surface area contributed by atoms with E-state index in [1.807, 2.05) is 0 Å². The zero-order valence-electron chi connectivity index (χ0n) is 15.9. The van der Waals surface area contributed by atoms with Gasteiger partial charge in [-0.3, -0.25) is 9.59 Å².